The Balaban J connectivity index is 1.81. The number of aryl methyl sites for hydroxylation is 1. The molecule has 2 heterocycles. The van der Waals surface area contributed by atoms with Crippen LogP contribution in [0.4, 0.5) is 17.5 Å². The van der Waals surface area contributed by atoms with Crippen molar-refractivity contribution in [3.8, 4) is 0 Å². The van der Waals surface area contributed by atoms with Gasteiger partial charge in [-0.3, -0.25) is 0 Å². The molecule has 0 amide bonds. The molecule has 0 saturated carbocycles. The number of hydrogen-bond donors (Lipinski definition) is 1. The van der Waals surface area contributed by atoms with E-state index in [9.17, 15) is 0 Å². The highest BCUT2D eigenvalue weighted by atomic mass is 15.3. The molecule has 1 fully saturated rings. The van der Waals surface area contributed by atoms with Crippen LogP contribution >= 0.6 is 0 Å². The Labute approximate surface area is 151 Å². The third kappa shape index (κ3) is 4.30. The molecule has 1 aromatic heterocycles. The molecule has 0 aliphatic carbocycles. The molecule has 4 nitrogen and oxygen atoms in total. The fourth-order valence-electron chi connectivity index (χ4n) is 3.53. The van der Waals surface area contributed by atoms with E-state index in [1.807, 2.05) is 13.0 Å². The molecular weight excluding hydrogens is 308 g/mol. The summed E-state index contributed by atoms with van der Waals surface area (Å²) in [4.78, 5) is 11.9. The van der Waals surface area contributed by atoms with Gasteiger partial charge in [0, 0.05) is 30.0 Å². The molecule has 134 valence electrons. The molecule has 0 bridgehead atoms. The minimum Gasteiger partial charge on any atom is -0.340 e. The van der Waals surface area contributed by atoms with Gasteiger partial charge >= 0.3 is 0 Å². The van der Waals surface area contributed by atoms with Gasteiger partial charge in [-0.25, -0.2) is 4.98 Å². The Bertz CT molecular complexity index is 694. The zero-order valence-electron chi connectivity index (χ0n) is 15.9. The number of benzene rings is 1. The average Bonchev–Trinajstić information content (AvgIpc) is 2.61. The Morgan fingerprint density at radius 2 is 1.92 bits per heavy atom. The second kappa shape index (κ2) is 7.85. The van der Waals surface area contributed by atoms with E-state index in [0.29, 0.717) is 12.0 Å². The zero-order chi connectivity index (χ0) is 17.8. The maximum absolute atomic E-state index is 4.81. The van der Waals surface area contributed by atoms with Crippen LogP contribution in [0.5, 0.6) is 0 Å². The average molecular weight is 338 g/mol. The number of aromatic nitrogens is 2. The predicted molar refractivity (Wildman–Crippen MR) is 106 cm³/mol. The number of hydrogen-bond acceptors (Lipinski definition) is 4. The second-order valence-electron chi connectivity index (χ2n) is 7.35. The van der Waals surface area contributed by atoms with Crippen molar-refractivity contribution >= 4 is 17.5 Å². The van der Waals surface area contributed by atoms with E-state index in [1.54, 1.807) is 0 Å². The van der Waals surface area contributed by atoms with E-state index in [2.05, 4.69) is 55.3 Å². The van der Waals surface area contributed by atoms with Crippen molar-refractivity contribution in [1.82, 2.24) is 9.97 Å². The third-order valence-corrected chi connectivity index (χ3v) is 5.05. The summed E-state index contributed by atoms with van der Waals surface area (Å²) in [6.45, 7) is 9.79. The Morgan fingerprint density at radius 1 is 1.16 bits per heavy atom. The highest BCUT2D eigenvalue weighted by molar-refractivity contribution is 5.58. The molecule has 1 aromatic carbocycles. The van der Waals surface area contributed by atoms with Crippen molar-refractivity contribution in [1.29, 1.82) is 0 Å². The fraction of sp³-hybridized carbons (Fsp3) is 0.524. The van der Waals surface area contributed by atoms with Gasteiger partial charge in [-0.05, 0) is 56.2 Å². The van der Waals surface area contributed by atoms with Gasteiger partial charge in [0.1, 0.15) is 5.82 Å². The smallest absolute Gasteiger partial charge is 0.227 e. The quantitative estimate of drug-likeness (QED) is 0.790. The Hall–Kier alpha value is -2.10. The number of nitrogens with one attached hydrogen (secondary N) is 1. The summed E-state index contributed by atoms with van der Waals surface area (Å²) in [7, 11) is 0. The van der Waals surface area contributed by atoms with Gasteiger partial charge < -0.3 is 10.2 Å². The largest absolute Gasteiger partial charge is 0.340 e. The second-order valence-corrected chi connectivity index (χ2v) is 7.35. The van der Waals surface area contributed by atoms with Gasteiger partial charge in [-0.2, -0.15) is 4.98 Å². The van der Waals surface area contributed by atoms with Gasteiger partial charge in [0.2, 0.25) is 5.95 Å². The van der Waals surface area contributed by atoms with Crippen molar-refractivity contribution in [3.05, 3.63) is 41.6 Å². The van der Waals surface area contributed by atoms with Crippen LogP contribution in [0, 0.1) is 6.92 Å². The summed E-state index contributed by atoms with van der Waals surface area (Å²) in [5, 5.41) is 3.45. The summed E-state index contributed by atoms with van der Waals surface area (Å²) in [5.41, 5.74) is 3.43. The molecule has 1 atom stereocenters. The fourth-order valence-corrected chi connectivity index (χ4v) is 3.53. The topological polar surface area (TPSA) is 41.1 Å². The molecule has 1 aliphatic heterocycles. The van der Waals surface area contributed by atoms with E-state index in [0.717, 1.165) is 36.1 Å². The van der Waals surface area contributed by atoms with Crippen LogP contribution in [0.2, 0.25) is 0 Å². The lowest BCUT2D eigenvalue weighted by Gasteiger charge is -2.35. The molecule has 1 unspecified atom stereocenters. The molecule has 1 aliphatic rings. The van der Waals surface area contributed by atoms with Gasteiger partial charge in [0.25, 0.3) is 0 Å². The molecule has 4 heteroatoms. The first-order valence-electron chi connectivity index (χ1n) is 9.56. The summed E-state index contributed by atoms with van der Waals surface area (Å²) >= 11 is 0. The summed E-state index contributed by atoms with van der Waals surface area (Å²) in [6.07, 6.45) is 4.94. The van der Waals surface area contributed by atoms with E-state index in [1.165, 1.54) is 24.8 Å². The molecule has 1 saturated heterocycles. The number of piperidine rings is 1. The number of rotatable bonds is 5. The summed E-state index contributed by atoms with van der Waals surface area (Å²) in [5.74, 6) is 2.29. The number of anilines is 3. The highest BCUT2D eigenvalue weighted by Crippen LogP contribution is 2.26. The molecule has 0 spiro atoms. The normalized spacial score (nSPS) is 17.8. The molecule has 25 heavy (non-hydrogen) atoms. The van der Waals surface area contributed by atoms with E-state index >= 15 is 0 Å². The predicted octanol–water partition coefficient (Wildman–Crippen LogP) is 5.42. The highest BCUT2D eigenvalue weighted by Gasteiger charge is 2.23. The molecule has 1 N–H and O–H groups in total. The van der Waals surface area contributed by atoms with Crippen molar-refractivity contribution < 1.29 is 0 Å². The molecule has 3 rings (SSSR count). The van der Waals surface area contributed by atoms with Crippen molar-refractivity contribution in [3.63, 3.8) is 0 Å². The number of nitrogens with zero attached hydrogens (tertiary/aromatic N) is 3. The monoisotopic (exact) mass is 338 g/mol. The van der Waals surface area contributed by atoms with Crippen molar-refractivity contribution in [2.45, 2.75) is 65.3 Å². The lowest BCUT2D eigenvalue weighted by Crippen LogP contribution is -2.40. The molecular formula is C21H30N4. The van der Waals surface area contributed by atoms with Crippen molar-refractivity contribution in [2.75, 3.05) is 16.8 Å². The minimum absolute atomic E-state index is 0.548. The minimum atomic E-state index is 0.548. The van der Waals surface area contributed by atoms with Gasteiger partial charge in [-0.15, -0.1) is 0 Å². The molecule has 2 aromatic rings. The van der Waals surface area contributed by atoms with Crippen LogP contribution in [-0.2, 0) is 0 Å². The van der Waals surface area contributed by atoms with Gasteiger partial charge in [-0.1, -0.05) is 32.9 Å². The van der Waals surface area contributed by atoms with E-state index < -0.39 is 0 Å². The summed E-state index contributed by atoms with van der Waals surface area (Å²) < 4.78 is 0. The van der Waals surface area contributed by atoms with E-state index in [-0.39, 0.29) is 0 Å². The van der Waals surface area contributed by atoms with E-state index in [4.69, 9.17) is 9.97 Å². The maximum atomic E-state index is 4.81. The Kier molecular flexibility index (Phi) is 5.57. The standard InChI is InChI=1S/C21H30N4/c1-5-19-8-6-7-13-25(19)21-22-16(4)14-20(24-21)23-18-11-9-17(10-12-18)15(2)3/h9-12,14-15,19H,5-8,13H2,1-4H3,(H,22,23,24). The SMILES string of the molecule is CCC1CCCCN1c1nc(C)cc(Nc2ccc(C(C)C)cc2)n1. The van der Waals surface area contributed by atoms with Crippen LogP contribution in [0.1, 0.15) is 63.6 Å². The Morgan fingerprint density at radius 3 is 2.60 bits per heavy atom. The van der Waals surface area contributed by atoms with Crippen LogP contribution in [0.3, 0.4) is 0 Å². The molecule has 0 radical (unpaired) electrons. The lowest BCUT2D eigenvalue weighted by molar-refractivity contribution is 0.443. The maximum Gasteiger partial charge on any atom is 0.227 e. The van der Waals surface area contributed by atoms with Crippen LogP contribution in [0.15, 0.2) is 30.3 Å². The van der Waals surface area contributed by atoms with Gasteiger partial charge in [0.15, 0.2) is 0 Å². The first-order valence-corrected chi connectivity index (χ1v) is 9.56. The van der Waals surface area contributed by atoms with Crippen LogP contribution in [-0.4, -0.2) is 22.6 Å². The van der Waals surface area contributed by atoms with Crippen molar-refractivity contribution in [2.24, 2.45) is 0 Å². The first kappa shape index (κ1) is 17.7. The third-order valence-electron chi connectivity index (χ3n) is 5.05. The first-order chi connectivity index (χ1) is 12.1. The van der Waals surface area contributed by atoms with Crippen LogP contribution in [0.25, 0.3) is 0 Å². The van der Waals surface area contributed by atoms with Gasteiger partial charge in [0.05, 0.1) is 0 Å². The van der Waals surface area contributed by atoms with Crippen LogP contribution < -0.4 is 10.2 Å². The summed E-state index contributed by atoms with van der Waals surface area (Å²) in [6, 6.07) is 11.2. The zero-order valence-corrected chi connectivity index (χ0v) is 15.9. The lowest BCUT2D eigenvalue weighted by atomic mass is 10.0.